The third-order valence-electron chi connectivity index (χ3n) is 2.46. The van der Waals surface area contributed by atoms with Crippen LogP contribution in [0.25, 0.3) is 0 Å². The standard InChI is InChI=1S/C12H14N2O/c1-9-2-4-10(5-3-9)11(8-13)12-14-6-7-15-12/h2-7,11H,8,13H2,1H3. The second-order valence-corrected chi connectivity index (χ2v) is 3.57. The van der Waals surface area contributed by atoms with Crippen LogP contribution in [0.2, 0.25) is 0 Å². The van der Waals surface area contributed by atoms with E-state index < -0.39 is 0 Å². The molecule has 1 heterocycles. The van der Waals surface area contributed by atoms with Crippen molar-refractivity contribution in [2.45, 2.75) is 12.8 Å². The van der Waals surface area contributed by atoms with Crippen LogP contribution in [-0.4, -0.2) is 11.5 Å². The van der Waals surface area contributed by atoms with Gasteiger partial charge in [-0.05, 0) is 12.5 Å². The molecule has 3 heteroatoms. The molecular formula is C12H14N2O. The molecule has 0 aliphatic carbocycles. The lowest BCUT2D eigenvalue weighted by Crippen LogP contribution is -2.14. The molecule has 3 nitrogen and oxygen atoms in total. The van der Waals surface area contributed by atoms with Gasteiger partial charge in [-0.15, -0.1) is 0 Å². The Bertz CT molecular complexity index is 406. The van der Waals surface area contributed by atoms with Crippen molar-refractivity contribution in [3.8, 4) is 0 Å². The van der Waals surface area contributed by atoms with Crippen molar-refractivity contribution in [3.63, 3.8) is 0 Å². The van der Waals surface area contributed by atoms with Gasteiger partial charge in [-0.25, -0.2) is 4.98 Å². The van der Waals surface area contributed by atoms with Crippen LogP contribution >= 0.6 is 0 Å². The summed E-state index contributed by atoms with van der Waals surface area (Å²) >= 11 is 0. The predicted molar refractivity (Wildman–Crippen MR) is 58.6 cm³/mol. The maximum Gasteiger partial charge on any atom is 0.202 e. The molecule has 0 bridgehead atoms. The molecule has 0 fully saturated rings. The largest absolute Gasteiger partial charge is 0.448 e. The summed E-state index contributed by atoms with van der Waals surface area (Å²) in [7, 11) is 0. The number of aromatic nitrogens is 1. The van der Waals surface area contributed by atoms with Crippen LogP contribution in [0.3, 0.4) is 0 Å². The van der Waals surface area contributed by atoms with Gasteiger partial charge in [0.2, 0.25) is 5.89 Å². The number of hydrogen-bond acceptors (Lipinski definition) is 3. The van der Waals surface area contributed by atoms with Crippen molar-refractivity contribution in [2.75, 3.05) is 6.54 Å². The second-order valence-electron chi connectivity index (χ2n) is 3.57. The van der Waals surface area contributed by atoms with E-state index in [1.54, 1.807) is 12.5 Å². The number of oxazole rings is 1. The van der Waals surface area contributed by atoms with Crippen LogP contribution in [0.4, 0.5) is 0 Å². The molecule has 0 spiro atoms. The van der Waals surface area contributed by atoms with Gasteiger partial charge in [0.25, 0.3) is 0 Å². The first-order valence-corrected chi connectivity index (χ1v) is 4.97. The van der Waals surface area contributed by atoms with Crippen molar-refractivity contribution in [1.82, 2.24) is 4.98 Å². The van der Waals surface area contributed by atoms with Crippen LogP contribution in [-0.2, 0) is 0 Å². The Balaban J connectivity index is 2.31. The summed E-state index contributed by atoms with van der Waals surface area (Å²) in [5.41, 5.74) is 8.12. The monoisotopic (exact) mass is 202 g/mol. The topological polar surface area (TPSA) is 52.0 Å². The zero-order valence-electron chi connectivity index (χ0n) is 8.68. The molecule has 15 heavy (non-hydrogen) atoms. The van der Waals surface area contributed by atoms with E-state index in [2.05, 4.69) is 36.2 Å². The summed E-state index contributed by atoms with van der Waals surface area (Å²) in [5.74, 6) is 0.738. The molecule has 78 valence electrons. The van der Waals surface area contributed by atoms with Crippen molar-refractivity contribution < 1.29 is 4.42 Å². The summed E-state index contributed by atoms with van der Waals surface area (Å²) < 4.78 is 5.28. The lowest BCUT2D eigenvalue weighted by molar-refractivity contribution is 0.472. The maximum atomic E-state index is 5.73. The Hall–Kier alpha value is -1.61. The Morgan fingerprint density at radius 3 is 2.60 bits per heavy atom. The Morgan fingerprint density at radius 1 is 1.33 bits per heavy atom. The van der Waals surface area contributed by atoms with E-state index in [1.165, 1.54) is 5.56 Å². The minimum Gasteiger partial charge on any atom is -0.448 e. The lowest BCUT2D eigenvalue weighted by atomic mass is 9.98. The predicted octanol–water partition coefficient (Wildman–Crippen LogP) is 2.07. The number of nitrogens with zero attached hydrogens (tertiary/aromatic N) is 1. The van der Waals surface area contributed by atoms with Crippen molar-refractivity contribution in [1.29, 1.82) is 0 Å². The number of hydrogen-bond donors (Lipinski definition) is 1. The zero-order valence-corrected chi connectivity index (χ0v) is 8.68. The number of benzene rings is 1. The highest BCUT2D eigenvalue weighted by Crippen LogP contribution is 2.22. The SMILES string of the molecule is Cc1ccc(C(CN)c2ncco2)cc1. The quantitative estimate of drug-likeness (QED) is 0.829. The third kappa shape index (κ3) is 2.07. The molecule has 0 saturated heterocycles. The van der Waals surface area contributed by atoms with Gasteiger partial charge in [-0.1, -0.05) is 29.8 Å². The summed E-state index contributed by atoms with van der Waals surface area (Å²) in [6.45, 7) is 2.57. The molecule has 1 unspecified atom stereocenters. The van der Waals surface area contributed by atoms with Gasteiger partial charge in [0.15, 0.2) is 0 Å². The van der Waals surface area contributed by atoms with Crippen molar-refractivity contribution >= 4 is 0 Å². The van der Waals surface area contributed by atoms with Gasteiger partial charge < -0.3 is 10.2 Å². The molecule has 1 aromatic heterocycles. The Labute approximate surface area is 88.9 Å². The summed E-state index contributed by atoms with van der Waals surface area (Å²) in [4.78, 5) is 4.14. The van der Waals surface area contributed by atoms with Crippen LogP contribution in [0.15, 0.2) is 41.1 Å². The smallest absolute Gasteiger partial charge is 0.202 e. The highest BCUT2D eigenvalue weighted by Gasteiger charge is 2.16. The molecule has 0 aliphatic heterocycles. The van der Waals surface area contributed by atoms with E-state index in [-0.39, 0.29) is 5.92 Å². The Morgan fingerprint density at radius 2 is 2.07 bits per heavy atom. The normalized spacial score (nSPS) is 12.7. The van der Waals surface area contributed by atoms with Gasteiger partial charge in [0.1, 0.15) is 6.26 Å². The molecule has 1 atom stereocenters. The number of nitrogens with two attached hydrogens (primary N) is 1. The highest BCUT2D eigenvalue weighted by molar-refractivity contribution is 5.28. The van der Waals surface area contributed by atoms with Gasteiger partial charge >= 0.3 is 0 Å². The number of rotatable bonds is 3. The zero-order chi connectivity index (χ0) is 10.7. The summed E-state index contributed by atoms with van der Waals surface area (Å²) in [6, 6.07) is 8.27. The van der Waals surface area contributed by atoms with E-state index in [0.717, 1.165) is 5.56 Å². The van der Waals surface area contributed by atoms with Crippen LogP contribution < -0.4 is 5.73 Å². The first kappa shape index (κ1) is 9.93. The van der Waals surface area contributed by atoms with E-state index in [1.807, 2.05) is 0 Å². The lowest BCUT2D eigenvalue weighted by Gasteiger charge is -2.11. The van der Waals surface area contributed by atoms with Gasteiger partial charge in [0, 0.05) is 6.54 Å². The van der Waals surface area contributed by atoms with E-state index >= 15 is 0 Å². The second kappa shape index (κ2) is 4.28. The van der Waals surface area contributed by atoms with E-state index in [4.69, 9.17) is 10.2 Å². The van der Waals surface area contributed by atoms with E-state index in [0.29, 0.717) is 12.4 Å². The minimum atomic E-state index is 0.0561. The molecule has 0 radical (unpaired) electrons. The van der Waals surface area contributed by atoms with Crippen LogP contribution in [0.1, 0.15) is 22.9 Å². The van der Waals surface area contributed by atoms with Gasteiger partial charge in [-0.2, -0.15) is 0 Å². The fourth-order valence-corrected chi connectivity index (χ4v) is 1.58. The third-order valence-corrected chi connectivity index (χ3v) is 2.46. The van der Waals surface area contributed by atoms with Crippen molar-refractivity contribution in [3.05, 3.63) is 53.7 Å². The molecule has 2 aromatic rings. The molecule has 0 aliphatic rings. The summed E-state index contributed by atoms with van der Waals surface area (Å²) in [6.07, 6.45) is 3.22. The van der Waals surface area contributed by atoms with Crippen LogP contribution in [0.5, 0.6) is 0 Å². The molecule has 0 saturated carbocycles. The van der Waals surface area contributed by atoms with Gasteiger partial charge in [0.05, 0.1) is 12.1 Å². The minimum absolute atomic E-state index is 0.0561. The fraction of sp³-hybridized carbons (Fsp3) is 0.250. The number of aryl methyl sites for hydroxylation is 1. The molecule has 2 N–H and O–H groups in total. The average Bonchev–Trinajstić information content (AvgIpc) is 2.75. The molecule has 0 amide bonds. The van der Waals surface area contributed by atoms with E-state index in [9.17, 15) is 0 Å². The van der Waals surface area contributed by atoms with Crippen molar-refractivity contribution in [2.24, 2.45) is 5.73 Å². The van der Waals surface area contributed by atoms with Gasteiger partial charge in [-0.3, -0.25) is 0 Å². The molecular weight excluding hydrogens is 188 g/mol. The molecule has 1 aromatic carbocycles. The molecule has 2 rings (SSSR count). The summed E-state index contributed by atoms with van der Waals surface area (Å²) in [5, 5.41) is 0. The highest BCUT2D eigenvalue weighted by atomic mass is 16.3. The first-order valence-electron chi connectivity index (χ1n) is 4.97. The first-order chi connectivity index (χ1) is 7.31. The Kier molecular flexibility index (Phi) is 2.83. The van der Waals surface area contributed by atoms with Crippen LogP contribution in [0, 0.1) is 6.92 Å². The average molecular weight is 202 g/mol. The fourth-order valence-electron chi connectivity index (χ4n) is 1.58. The maximum absolute atomic E-state index is 5.73.